The third-order valence-corrected chi connectivity index (χ3v) is 10.8. The van der Waals surface area contributed by atoms with E-state index in [1.807, 2.05) is 13.8 Å². The zero-order chi connectivity index (χ0) is 11.8. The summed E-state index contributed by atoms with van der Waals surface area (Å²) in [5.74, 6) is 0. The second kappa shape index (κ2) is 4.30. The summed E-state index contributed by atoms with van der Waals surface area (Å²) in [6.07, 6.45) is 0. The van der Waals surface area contributed by atoms with Crippen molar-refractivity contribution < 1.29 is 5.11 Å². The fourth-order valence-electron chi connectivity index (χ4n) is 1.74. The molecular formula is C11H26OSiSn. The predicted octanol–water partition coefficient (Wildman–Crippen LogP) is 3.44. The molecule has 0 aliphatic carbocycles. The maximum atomic E-state index is 10.2. The second-order valence-corrected chi connectivity index (χ2v) is 26.1. The van der Waals surface area contributed by atoms with Gasteiger partial charge in [-0.25, -0.2) is 0 Å². The van der Waals surface area contributed by atoms with Gasteiger partial charge in [-0.3, -0.25) is 0 Å². The molecule has 0 fully saturated rings. The molecule has 1 N–H and O–H groups in total. The van der Waals surface area contributed by atoms with Crippen molar-refractivity contribution in [1.82, 2.24) is 0 Å². The van der Waals surface area contributed by atoms with Gasteiger partial charge in [0.05, 0.1) is 0 Å². The third kappa shape index (κ3) is 5.56. The zero-order valence-corrected chi connectivity index (χ0v) is 14.9. The molecule has 0 aliphatic rings. The van der Waals surface area contributed by atoms with Crippen LogP contribution in [0.4, 0.5) is 0 Å². The van der Waals surface area contributed by atoms with Crippen LogP contribution in [0.3, 0.4) is 0 Å². The summed E-state index contributed by atoms with van der Waals surface area (Å²) in [4.78, 5) is 7.12. The summed E-state index contributed by atoms with van der Waals surface area (Å²) in [5.41, 5.74) is 1.82. The minimum absolute atomic E-state index is 0.603. The van der Waals surface area contributed by atoms with Crippen LogP contribution in [-0.4, -0.2) is 37.2 Å². The SMILES string of the molecule is CC(C)(O)/[C](=C/[Si](C)(C)C)[Sn]([CH3])([CH3])[CH3]. The summed E-state index contributed by atoms with van der Waals surface area (Å²) in [6.45, 7) is 10.9. The standard InChI is InChI=1S/C8H17OSi.3CH3.Sn/c1-8(2,9)6-7-10(3,4)5;;;;/h7,9H,1-5H3;3*1H3;. The second-order valence-electron chi connectivity index (χ2n) is 6.73. The molecule has 14 heavy (non-hydrogen) atoms. The van der Waals surface area contributed by atoms with Gasteiger partial charge in [0.15, 0.2) is 0 Å². The molecule has 0 atom stereocenters. The van der Waals surface area contributed by atoms with Crippen LogP contribution in [-0.2, 0) is 0 Å². The van der Waals surface area contributed by atoms with Crippen molar-refractivity contribution in [3.63, 3.8) is 0 Å². The molecule has 1 nitrogen and oxygen atoms in total. The molecular weight excluding hydrogens is 295 g/mol. The normalized spacial score (nSPS) is 15.9. The van der Waals surface area contributed by atoms with Crippen molar-refractivity contribution in [2.75, 3.05) is 0 Å². The van der Waals surface area contributed by atoms with Gasteiger partial charge in [0.2, 0.25) is 0 Å². The monoisotopic (exact) mass is 322 g/mol. The van der Waals surface area contributed by atoms with E-state index in [9.17, 15) is 5.11 Å². The molecule has 0 aromatic heterocycles. The van der Waals surface area contributed by atoms with Gasteiger partial charge in [0.25, 0.3) is 0 Å². The topological polar surface area (TPSA) is 20.2 Å². The van der Waals surface area contributed by atoms with E-state index in [0.29, 0.717) is 0 Å². The van der Waals surface area contributed by atoms with Gasteiger partial charge in [0, 0.05) is 0 Å². The first kappa shape index (κ1) is 14.7. The van der Waals surface area contributed by atoms with E-state index in [-0.39, 0.29) is 0 Å². The van der Waals surface area contributed by atoms with Gasteiger partial charge < -0.3 is 0 Å². The molecule has 0 spiro atoms. The van der Waals surface area contributed by atoms with Gasteiger partial charge in [-0.2, -0.15) is 0 Å². The maximum absolute atomic E-state index is 10.2. The Kier molecular flexibility index (Phi) is 4.52. The first-order chi connectivity index (χ1) is 5.84. The number of aliphatic hydroxyl groups is 1. The summed E-state index contributed by atoms with van der Waals surface area (Å²) in [5, 5.41) is 10.2. The Morgan fingerprint density at radius 1 is 1.14 bits per heavy atom. The number of rotatable bonds is 3. The number of hydrogen-bond donors (Lipinski definition) is 1. The Balaban J connectivity index is 5.26. The van der Waals surface area contributed by atoms with Crippen molar-refractivity contribution in [3.05, 3.63) is 9.29 Å². The molecule has 0 aliphatic heterocycles. The van der Waals surface area contributed by atoms with Crippen molar-refractivity contribution in [1.29, 1.82) is 0 Å². The Hall–Kier alpha value is 0.716. The van der Waals surface area contributed by atoms with Gasteiger partial charge in [-0.1, -0.05) is 0 Å². The Labute approximate surface area is 94.5 Å². The molecule has 0 unspecified atom stereocenters. The van der Waals surface area contributed by atoms with Gasteiger partial charge in [0.1, 0.15) is 0 Å². The predicted molar refractivity (Wildman–Crippen MR) is 71.1 cm³/mol. The van der Waals surface area contributed by atoms with E-state index in [0.717, 1.165) is 0 Å². The Morgan fingerprint density at radius 3 is 1.57 bits per heavy atom. The zero-order valence-electron chi connectivity index (χ0n) is 11.0. The molecule has 0 aromatic carbocycles. The van der Waals surface area contributed by atoms with Gasteiger partial charge in [-0.05, 0) is 0 Å². The van der Waals surface area contributed by atoms with Crippen LogP contribution >= 0.6 is 0 Å². The fourth-order valence-corrected chi connectivity index (χ4v) is 16.0. The molecule has 84 valence electrons. The van der Waals surface area contributed by atoms with Gasteiger partial charge >= 0.3 is 94.8 Å². The molecule has 0 rings (SSSR count). The minimum atomic E-state index is -2.12. The summed E-state index contributed by atoms with van der Waals surface area (Å²) in [7, 11) is -1.21. The first-order valence-corrected chi connectivity index (χ1v) is 18.9. The van der Waals surface area contributed by atoms with Gasteiger partial charge in [-0.15, -0.1) is 0 Å². The molecule has 0 heterocycles. The Bertz CT molecular complexity index is 209. The van der Waals surface area contributed by atoms with Crippen LogP contribution in [0, 0.1) is 0 Å². The van der Waals surface area contributed by atoms with E-state index in [2.05, 4.69) is 40.2 Å². The Morgan fingerprint density at radius 2 is 1.50 bits per heavy atom. The van der Waals surface area contributed by atoms with Crippen LogP contribution in [0.2, 0.25) is 34.5 Å². The van der Waals surface area contributed by atoms with Crippen molar-refractivity contribution in [2.45, 2.75) is 53.9 Å². The molecule has 0 saturated heterocycles. The molecule has 0 saturated carbocycles. The number of hydrogen-bond acceptors (Lipinski definition) is 1. The van der Waals surface area contributed by atoms with E-state index >= 15 is 0 Å². The van der Waals surface area contributed by atoms with E-state index < -0.39 is 32.1 Å². The molecule has 0 amide bonds. The van der Waals surface area contributed by atoms with Crippen molar-refractivity contribution in [2.24, 2.45) is 0 Å². The van der Waals surface area contributed by atoms with Crippen molar-refractivity contribution >= 4 is 26.5 Å². The molecule has 0 radical (unpaired) electrons. The fraction of sp³-hybridized carbons (Fsp3) is 0.818. The molecule has 0 bridgehead atoms. The van der Waals surface area contributed by atoms with E-state index in [4.69, 9.17) is 0 Å². The quantitative estimate of drug-likeness (QED) is 0.790. The van der Waals surface area contributed by atoms with Crippen LogP contribution < -0.4 is 0 Å². The first-order valence-electron chi connectivity index (χ1n) is 5.30. The summed E-state index contributed by atoms with van der Waals surface area (Å²) >= 11 is -2.12. The van der Waals surface area contributed by atoms with E-state index in [1.165, 1.54) is 3.59 Å². The molecule has 3 heteroatoms. The summed E-state index contributed by atoms with van der Waals surface area (Å²) < 4.78 is 1.38. The average Bonchev–Trinajstić information content (AvgIpc) is 1.75. The molecule has 0 aromatic rings. The third-order valence-electron chi connectivity index (χ3n) is 2.04. The van der Waals surface area contributed by atoms with E-state index in [1.54, 1.807) is 0 Å². The van der Waals surface area contributed by atoms with Crippen LogP contribution in [0.25, 0.3) is 0 Å². The van der Waals surface area contributed by atoms with Crippen LogP contribution in [0.1, 0.15) is 13.8 Å². The van der Waals surface area contributed by atoms with Crippen LogP contribution in [0.5, 0.6) is 0 Å². The summed E-state index contributed by atoms with van der Waals surface area (Å²) in [6, 6.07) is 0. The van der Waals surface area contributed by atoms with Crippen molar-refractivity contribution in [3.8, 4) is 0 Å². The van der Waals surface area contributed by atoms with Crippen LogP contribution in [0.15, 0.2) is 9.29 Å². The average molecular weight is 321 g/mol.